The second kappa shape index (κ2) is 9.79. The summed E-state index contributed by atoms with van der Waals surface area (Å²) in [5, 5.41) is 10.7. The van der Waals surface area contributed by atoms with Crippen LogP contribution in [0, 0.1) is 17.0 Å². The number of nitrogens with zero attached hydrogens (tertiary/aromatic N) is 1. The smallest absolute Gasteiger partial charge is 0.307 e. The summed E-state index contributed by atoms with van der Waals surface area (Å²) in [6, 6.07) is 13.4. The molecule has 0 radical (unpaired) electrons. The maximum Gasteiger partial charge on any atom is 0.307 e. The van der Waals surface area contributed by atoms with Crippen molar-refractivity contribution in [1.29, 1.82) is 0 Å². The summed E-state index contributed by atoms with van der Waals surface area (Å²) < 4.78 is 4.79. The molecule has 1 amide bonds. The van der Waals surface area contributed by atoms with Gasteiger partial charge in [-0.1, -0.05) is 29.8 Å². The largest absolute Gasteiger partial charge is 0.469 e. The number of aryl methyl sites for hydroxylation is 2. The van der Waals surface area contributed by atoms with Gasteiger partial charge in [-0.3, -0.25) is 25.1 Å². The number of non-ortho nitro benzene ring substituents is 1. The predicted octanol–water partition coefficient (Wildman–Crippen LogP) is 3.09. The summed E-state index contributed by atoms with van der Waals surface area (Å²) in [6.07, 6.45) is 1.34. The molecule has 0 heterocycles. The normalized spacial score (nSPS) is 12.7. The van der Waals surface area contributed by atoms with Gasteiger partial charge in [0, 0.05) is 23.2 Å². The van der Waals surface area contributed by atoms with Crippen molar-refractivity contribution >= 4 is 17.6 Å². The van der Waals surface area contributed by atoms with Crippen LogP contribution in [0.15, 0.2) is 48.5 Å². The Labute approximate surface area is 169 Å². The molecule has 154 valence electrons. The van der Waals surface area contributed by atoms with Crippen molar-refractivity contribution in [3.63, 3.8) is 0 Å². The Bertz CT molecular complexity index is 865. The molecule has 0 fully saturated rings. The average Bonchev–Trinajstić information content (AvgIpc) is 2.71. The first-order valence-corrected chi connectivity index (χ1v) is 9.17. The molecule has 0 saturated carbocycles. The van der Waals surface area contributed by atoms with Crippen LogP contribution in [-0.4, -0.2) is 29.4 Å². The van der Waals surface area contributed by atoms with Crippen LogP contribution in [-0.2, 0) is 16.0 Å². The predicted molar refractivity (Wildman–Crippen MR) is 108 cm³/mol. The molecular formula is C21H25N3O5. The van der Waals surface area contributed by atoms with Gasteiger partial charge in [0.25, 0.3) is 11.6 Å². The summed E-state index contributed by atoms with van der Waals surface area (Å²) in [6.45, 7) is 3.84. The molecule has 29 heavy (non-hydrogen) atoms. The fraction of sp³-hybridized carbons (Fsp3) is 0.333. The number of hydrazine groups is 1. The molecule has 1 atom stereocenters. The van der Waals surface area contributed by atoms with Crippen molar-refractivity contribution in [3.05, 3.63) is 75.3 Å². The first-order chi connectivity index (χ1) is 13.7. The standard InChI is InChI=1S/C21H25N3O5/c1-15-4-6-16(7-5-15)12-13-21(2,14-19(25)29-3)23-22-20(26)17-8-10-18(11-9-17)24(27)28/h4-11,23H,12-14H2,1-3H3,(H,22,26). The Morgan fingerprint density at radius 1 is 1.10 bits per heavy atom. The first kappa shape index (κ1) is 22.0. The van der Waals surface area contributed by atoms with Gasteiger partial charge in [-0.15, -0.1) is 0 Å². The molecule has 0 aliphatic carbocycles. The molecule has 2 rings (SSSR count). The van der Waals surface area contributed by atoms with Crippen LogP contribution in [0.3, 0.4) is 0 Å². The molecule has 0 aliphatic rings. The number of methoxy groups -OCH3 is 1. The molecule has 2 aromatic carbocycles. The van der Waals surface area contributed by atoms with Gasteiger partial charge in [0.2, 0.25) is 0 Å². The van der Waals surface area contributed by atoms with E-state index in [0.29, 0.717) is 12.8 Å². The van der Waals surface area contributed by atoms with E-state index in [4.69, 9.17) is 4.74 Å². The molecular weight excluding hydrogens is 374 g/mol. The van der Waals surface area contributed by atoms with Gasteiger partial charge in [0.1, 0.15) is 0 Å². The molecule has 0 saturated heterocycles. The quantitative estimate of drug-likeness (QED) is 0.381. The van der Waals surface area contributed by atoms with E-state index in [0.717, 1.165) is 5.56 Å². The van der Waals surface area contributed by atoms with Crippen molar-refractivity contribution in [2.45, 2.75) is 38.6 Å². The number of carbonyl (C=O) groups excluding carboxylic acids is 2. The van der Waals surface area contributed by atoms with E-state index in [9.17, 15) is 19.7 Å². The Kier molecular flexibility index (Phi) is 7.44. The molecule has 2 aromatic rings. The van der Waals surface area contributed by atoms with Crippen molar-refractivity contribution < 1.29 is 19.2 Å². The fourth-order valence-electron chi connectivity index (χ4n) is 2.78. The fourth-order valence-corrected chi connectivity index (χ4v) is 2.78. The van der Waals surface area contributed by atoms with Gasteiger partial charge in [0.05, 0.1) is 18.5 Å². The lowest BCUT2D eigenvalue weighted by Gasteiger charge is -2.30. The Morgan fingerprint density at radius 3 is 2.28 bits per heavy atom. The summed E-state index contributed by atoms with van der Waals surface area (Å²) in [7, 11) is 1.32. The van der Waals surface area contributed by atoms with Crippen LogP contribution in [0.1, 0.15) is 41.3 Å². The number of ether oxygens (including phenoxy) is 1. The zero-order valence-electron chi connectivity index (χ0n) is 16.7. The number of benzene rings is 2. The topological polar surface area (TPSA) is 111 Å². The summed E-state index contributed by atoms with van der Waals surface area (Å²) in [5.41, 5.74) is 7.26. The van der Waals surface area contributed by atoms with E-state index >= 15 is 0 Å². The maximum atomic E-state index is 12.4. The summed E-state index contributed by atoms with van der Waals surface area (Å²) in [4.78, 5) is 34.4. The minimum Gasteiger partial charge on any atom is -0.469 e. The highest BCUT2D eigenvalue weighted by atomic mass is 16.6. The highest BCUT2D eigenvalue weighted by molar-refractivity contribution is 5.94. The molecule has 0 bridgehead atoms. The number of carbonyl (C=O) groups is 2. The number of nitrogens with one attached hydrogen (secondary N) is 2. The van der Waals surface area contributed by atoms with Crippen molar-refractivity contribution in [2.75, 3.05) is 7.11 Å². The minimum atomic E-state index is -0.742. The SMILES string of the molecule is COC(=O)CC(C)(CCc1ccc(C)cc1)NNC(=O)c1ccc([N+](=O)[O-])cc1. The molecule has 2 N–H and O–H groups in total. The highest BCUT2D eigenvalue weighted by Crippen LogP contribution is 2.19. The van der Waals surface area contributed by atoms with Gasteiger partial charge in [-0.2, -0.15) is 0 Å². The van der Waals surface area contributed by atoms with Crippen LogP contribution in [0.4, 0.5) is 5.69 Å². The van der Waals surface area contributed by atoms with Crippen LogP contribution in [0.2, 0.25) is 0 Å². The van der Waals surface area contributed by atoms with Gasteiger partial charge < -0.3 is 4.74 Å². The molecule has 8 nitrogen and oxygen atoms in total. The highest BCUT2D eigenvalue weighted by Gasteiger charge is 2.28. The van der Waals surface area contributed by atoms with Gasteiger partial charge in [-0.25, -0.2) is 5.43 Å². The number of hydrogen-bond donors (Lipinski definition) is 2. The third kappa shape index (κ3) is 6.69. The zero-order chi connectivity index (χ0) is 21.4. The Hall–Kier alpha value is -3.26. The van der Waals surface area contributed by atoms with E-state index in [1.807, 2.05) is 38.1 Å². The van der Waals surface area contributed by atoms with Crippen molar-refractivity contribution in [3.8, 4) is 0 Å². The number of nitro benzene ring substituents is 1. The first-order valence-electron chi connectivity index (χ1n) is 9.17. The summed E-state index contributed by atoms with van der Waals surface area (Å²) in [5.74, 6) is -0.847. The molecule has 1 unspecified atom stereocenters. The van der Waals surface area contributed by atoms with E-state index in [1.54, 1.807) is 0 Å². The lowest BCUT2D eigenvalue weighted by Crippen LogP contribution is -2.53. The van der Waals surface area contributed by atoms with Crippen LogP contribution in [0.5, 0.6) is 0 Å². The molecule has 8 heteroatoms. The van der Waals surface area contributed by atoms with E-state index in [1.165, 1.54) is 36.9 Å². The van der Waals surface area contributed by atoms with Gasteiger partial charge >= 0.3 is 5.97 Å². The van der Waals surface area contributed by atoms with Crippen LogP contribution >= 0.6 is 0 Å². The minimum absolute atomic E-state index is 0.0654. The zero-order valence-corrected chi connectivity index (χ0v) is 16.7. The van der Waals surface area contributed by atoms with E-state index < -0.39 is 22.3 Å². The van der Waals surface area contributed by atoms with Crippen LogP contribution in [0.25, 0.3) is 0 Å². The monoisotopic (exact) mass is 399 g/mol. The average molecular weight is 399 g/mol. The number of rotatable bonds is 9. The van der Waals surface area contributed by atoms with E-state index in [2.05, 4.69) is 10.9 Å². The second-order valence-corrected chi connectivity index (χ2v) is 7.18. The third-order valence-electron chi connectivity index (χ3n) is 4.67. The number of nitro groups is 1. The second-order valence-electron chi connectivity index (χ2n) is 7.18. The maximum absolute atomic E-state index is 12.4. The molecule has 0 aliphatic heterocycles. The Balaban J connectivity index is 2.04. The Morgan fingerprint density at radius 2 is 1.72 bits per heavy atom. The third-order valence-corrected chi connectivity index (χ3v) is 4.67. The van der Waals surface area contributed by atoms with Crippen LogP contribution < -0.4 is 10.9 Å². The number of esters is 1. The lowest BCUT2D eigenvalue weighted by molar-refractivity contribution is -0.384. The lowest BCUT2D eigenvalue weighted by atomic mass is 9.90. The number of amides is 1. The van der Waals surface area contributed by atoms with Gasteiger partial charge in [0.15, 0.2) is 0 Å². The molecule has 0 aromatic heterocycles. The van der Waals surface area contributed by atoms with Crippen molar-refractivity contribution in [2.24, 2.45) is 0 Å². The summed E-state index contributed by atoms with van der Waals surface area (Å²) >= 11 is 0. The van der Waals surface area contributed by atoms with Crippen molar-refractivity contribution in [1.82, 2.24) is 10.9 Å². The van der Waals surface area contributed by atoms with Gasteiger partial charge in [-0.05, 0) is 44.4 Å². The van der Waals surface area contributed by atoms with E-state index in [-0.39, 0.29) is 17.7 Å². The number of hydrogen-bond acceptors (Lipinski definition) is 6. The molecule has 0 spiro atoms.